The smallest absolute Gasteiger partial charge is 0.0645 e. The second kappa shape index (κ2) is 11.7. The molecule has 0 radical (unpaired) electrons. The van der Waals surface area contributed by atoms with Crippen molar-refractivity contribution in [2.75, 3.05) is 6.16 Å². The highest BCUT2D eigenvalue weighted by molar-refractivity contribution is 7.23. The summed E-state index contributed by atoms with van der Waals surface area (Å²) in [5.41, 5.74) is 0. The Hall–Kier alpha value is 0.230. The van der Waals surface area contributed by atoms with Crippen molar-refractivity contribution in [1.82, 2.24) is 0 Å². The van der Waals surface area contributed by atoms with Crippen molar-refractivity contribution in [1.29, 1.82) is 0 Å². The third-order valence-corrected chi connectivity index (χ3v) is 7.01. The van der Waals surface area contributed by atoms with E-state index >= 15 is 0 Å². The second-order valence-corrected chi connectivity index (χ2v) is 8.88. The fraction of sp³-hybridized carbons (Fsp3) is 1.00. The summed E-state index contributed by atoms with van der Waals surface area (Å²) >= 11 is 0. The van der Waals surface area contributed by atoms with E-state index in [0.717, 1.165) is 23.9 Å². The summed E-state index contributed by atoms with van der Waals surface area (Å²) < 4.78 is 10.5. The van der Waals surface area contributed by atoms with Gasteiger partial charge in [0.15, 0.2) is 0 Å². The molecule has 0 N–H and O–H groups in total. The quantitative estimate of drug-likeness (QED) is 0.316. The normalized spacial score (nSPS) is 22.0. The van der Waals surface area contributed by atoms with Crippen LogP contribution in [-0.4, -0.2) is 6.16 Å². The fourth-order valence-electron chi connectivity index (χ4n) is 5.12. The lowest BCUT2D eigenvalue weighted by molar-refractivity contribution is 0.131. The zero-order valence-electron chi connectivity index (χ0n) is 14.7. The van der Waals surface area contributed by atoms with Gasteiger partial charge in [0.05, 0.1) is 8.46 Å². The average molecular weight is 327 g/mol. The lowest BCUT2D eigenvalue weighted by Crippen LogP contribution is -2.27. The minimum absolute atomic E-state index is 0.497. The third-order valence-electron chi connectivity index (χ3n) is 6.37. The van der Waals surface area contributed by atoms with Crippen LogP contribution in [0.1, 0.15) is 103 Å². The van der Waals surface area contributed by atoms with Crippen LogP contribution in [0.3, 0.4) is 0 Å². The molecule has 0 spiro atoms. The lowest BCUT2D eigenvalue weighted by Gasteiger charge is -2.38. The van der Waals surface area contributed by atoms with Gasteiger partial charge in [-0.15, -0.1) is 0 Å². The minimum Gasteiger partial charge on any atom is -0.330 e. The summed E-state index contributed by atoms with van der Waals surface area (Å²) in [5.74, 6) is 3.20. The zero-order chi connectivity index (χ0) is 15.5. The van der Waals surface area contributed by atoms with E-state index in [9.17, 15) is 4.57 Å². The van der Waals surface area contributed by atoms with E-state index in [1.807, 2.05) is 0 Å². The second-order valence-electron chi connectivity index (χ2n) is 7.97. The molecule has 1 atom stereocenters. The van der Waals surface area contributed by atoms with Crippen LogP contribution < -0.4 is 0 Å². The van der Waals surface area contributed by atoms with Crippen LogP contribution >= 0.6 is 8.46 Å². The van der Waals surface area contributed by atoms with Crippen LogP contribution in [0.4, 0.5) is 0 Å². The molecule has 0 aromatic heterocycles. The number of hydrogen-bond acceptors (Lipinski definition) is 1. The lowest BCUT2D eigenvalue weighted by atomic mass is 9.68. The largest absolute Gasteiger partial charge is 0.330 e. The first-order chi connectivity index (χ1) is 10.9. The van der Waals surface area contributed by atoms with Gasteiger partial charge in [-0.05, 0) is 36.8 Å². The highest BCUT2D eigenvalue weighted by Crippen LogP contribution is 2.42. The molecular weight excluding hydrogens is 287 g/mol. The first-order valence-corrected chi connectivity index (χ1v) is 11.6. The molecular formula is C20H39OP. The molecule has 130 valence electrons. The van der Waals surface area contributed by atoms with Crippen molar-refractivity contribution in [3.05, 3.63) is 0 Å². The Morgan fingerprint density at radius 3 is 1.73 bits per heavy atom. The Balaban J connectivity index is 1.70. The topological polar surface area (TPSA) is 17.1 Å². The maximum Gasteiger partial charge on any atom is 0.0645 e. The molecule has 2 fully saturated rings. The molecule has 0 aromatic rings. The molecule has 2 rings (SSSR count). The monoisotopic (exact) mass is 326 g/mol. The van der Waals surface area contributed by atoms with Crippen molar-refractivity contribution in [2.45, 2.75) is 103 Å². The van der Waals surface area contributed by atoms with E-state index in [-0.39, 0.29) is 0 Å². The van der Waals surface area contributed by atoms with Crippen LogP contribution in [0.2, 0.25) is 0 Å². The highest BCUT2D eigenvalue weighted by atomic mass is 31.1. The van der Waals surface area contributed by atoms with Crippen LogP contribution in [0, 0.1) is 17.8 Å². The standard InChI is InChI=1S/C20H39OP/c21-22-17-11-3-1-2-10-16-20(18-12-6-4-7-13-18)19-14-8-5-9-15-19/h18-20H,1-17,22H2. The van der Waals surface area contributed by atoms with Gasteiger partial charge in [0.25, 0.3) is 0 Å². The maximum absolute atomic E-state index is 10.5. The summed E-state index contributed by atoms with van der Waals surface area (Å²) in [4.78, 5) is 0. The minimum atomic E-state index is -0.497. The predicted molar refractivity (Wildman–Crippen MR) is 99.6 cm³/mol. The summed E-state index contributed by atoms with van der Waals surface area (Å²) in [6.07, 6.45) is 24.4. The molecule has 2 heteroatoms. The van der Waals surface area contributed by atoms with Crippen molar-refractivity contribution < 1.29 is 4.57 Å². The number of unbranched alkanes of at least 4 members (excludes halogenated alkanes) is 4. The molecule has 0 heterocycles. The van der Waals surface area contributed by atoms with Gasteiger partial charge in [-0.2, -0.15) is 0 Å². The van der Waals surface area contributed by atoms with Crippen molar-refractivity contribution in [3.63, 3.8) is 0 Å². The van der Waals surface area contributed by atoms with Gasteiger partial charge < -0.3 is 4.57 Å². The zero-order valence-corrected chi connectivity index (χ0v) is 15.9. The van der Waals surface area contributed by atoms with Crippen molar-refractivity contribution >= 4 is 8.46 Å². The number of hydrogen-bond donors (Lipinski definition) is 0. The Bertz CT molecular complexity index is 261. The van der Waals surface area contributed by atoms with Gasteiger partial charge in [0.1, 0.15) is 0 Å². The summed E-state index contributed by atoms with van der Waals surface area (Å²) in [5, 5.41) is 0. The third kappa shape index (κ3) is 6.77. The van der Waals surface area contributed by atoms with E-state index in [4.69, 9.17) is 0 Å². The van der Waals surface area contributed by atoms with Gasteiger partial charge in [-0.3, -0.25) is 0 Å². The summed E-state index contributed by atoms with van der Waals surface area (Å²) in [6, 6.07) is 0. The molecule has 2 aliphatic carbocycles. The van der Waals surface area contributed by atoms with E-state index in [1.54, 1.807) is 0 Å². The van der Waals surface area contributed by atoms with E-state index in [0.29, 0.717) is 0 Å². The molecule has 0 amide bonds. The van der Waals surface area contributed by atoms with E-state index in [1.165, 1.54) is 103 Å². The first kappa shape index (κ1) is 18.6. The van der Waals surface area contributed by atoms with Gasteiger partial charge in [-0.25, -0.2) is 0 Å². The van der Waals surface area contributed by atoms with Gasteiger partial charge >= 0.3 is 0 Å². The van der Waals surface area contributed by atoms with Crippen molar-refractivity contribution in [2.24, 2.45) is 17.8 Å². The van der Waals surface area contributed by atoms with Crippen LogP contribution in [-0.2, 0) is 4.57 Å². The van der Waals surface area contributed by atoms with Crippen molar-refractivity contribution in [3.8, 4) is 0 Å². The molecule has 22 heavy (non-hydrogen) atoms. The van der Waals surface area contributed by atoms with Crippen LogP contribution in [0.5, 0.6) is 0 Å². The predicted octanol–water partition coefficient (Wildman–Crippen LogP) is 6.86. The summed E-state index contributed by atoms with van der Waals surface area (Å²) in [6.45, 7) is 0. The Kier molecular flexibility index (Phi) is 9.89. The summed E-state index contributed by atoms with van der Waals surface area (Å²) in [7, 11) is -0.497. The molecule has 0 bridgehead atoms. The average Bonchev–Trinajstić information content (AvgIpc) is 2.59. The Labute approximate surface area is 140 Å². The van der Waals surface area contributed by atoms with Crippen LogP contribution in [0.15, 0.2) is 0 Å². The molecule has 1 nitrogen and oxygen atoms in total. The maximum atomic E-state index is 10.5. The molecule has 2 aliphatic rings. The van der Waals surface area contributed by atoms with Gasteiger partial charge in [0, 0.05) is 0 Å². The SMILES string of the molecule is O=[PH2]CCCCCCCC(C1CCCCC1)C1CCCCC1. The molecule has 0 saturated heterocycles. The number of rotatable bonds is 10. The molecule has 0 aromatic carbocycles. The van der Waals surface area contributed by atoms with Gasteiger partial charge in [-0.1, -0.05) is 89.9 Å². The Morgan fingerprint density at radius 2 is 1.18 bits per heavy atom. The van der Waals surface area contributed by atoms with E-state index < -0.39 is 8.46 Å². The fourth-order valence-corrected chi connectivity index (χ4v) is 5.57. The first-order valence-electron chi connectivity index (χ1n) is 10.4. The Morgan fingerprint density at radius 1 is 0.682 bits per heavy atom. The van der Waals surface area contributed by atoms with Gasteiger partial charge in [0.2, 0.25) is 0 Å². The van der Waals surface area contributed by atoms with Crippen LogP contribution in [0.25, 0.3) is 0 Å². The molecule has 1 unspecified atom stereocenters. The highest BCUT2D eigenvalue weighted by Gasteiger charge is 2.30. The molecule has 0 aliphatic heterocycles. The van der Waals surface area contributed by atoms with E-state index in [2.05, 4.69) is 0 Å². The molecule has 2 saturated carbocycles.